The average Bonchev–Trinajstić information content (AvgIpc) is 2.29. The molecule has 2 fully saturated rings. The van der Waals surface area contributed by atoms with Crippen LogP contribution in [-0.2, 0) is 4.79 Å². The first-order valence-electron chi connectivity index (χ1n) is 5.62. The standard InChI is InChI=1S/C10H17NO6/c12-3-5-8(15)6(13)1-4-2-7(14)9(16)10(17)11(4)5/h4-9,12-16H,1-3H2/t4-,5-,6+,7+,8+,9+/m0/s1. The van der Waals surface area contributed by atoms with Gasteiger partial charge in [-0.3, -0.25) is 4.79 Å². The van der Waals surface area contributed by atoms with Gasteiger partial charge in [0.05, 0.1) is 24.9 Å². The van der Waals surface area contributed by atoms with Gasteiger partial charge in [0.15, 0.2) is 6.10 Å². The van der Waals surface area contributed by atoms with Gasteiger partial charge in [0.2, 0.25) is 0 Å². The fraction of sp³-hybridized carbons (Fsp3) is 0.900. The molecule has 0 radical (unpaired) electrons. The van der Waals surface area contributed by atoms with Crippen LogP contribution in [0.15, 0.2) is 0 Å². The molecule has 1 amide bonds. The Bertz CT molecular complexity index is 309. The molecule has 2 saturated heterocycles. The molecule has 0 saturated carbocycles. The van der Waals surface area contributed by atoms with Crippen LogP contribution in [0.1, 0.15) is 12.8 Å². The predicted octanol–water partition coefficient (Wildman–Crippen LogP) is -3.20. The molecule has 98 valence electrons. The average molecular weight is 247 g/mol. The molecule has 0 aliphatic carbocycles. The van der Waals surface area contributed by atoms with E-state index < -0.39 is 49.0 Å². The van der Waals surface area contributed by atoms with E-state index in [9.17, 15) is 30.3 Å². The summed E-state index contributed by atoms with van der Waals surface area (Å²) in [7, 11) is 0. The fourth-order valence-electron chi connectivity index (χ4n) is 2.70. The van der Waals surface area contributed by atoms with Crippen LogP contribution in [0.4, 0.5) is 0 Å². The second-order valence-corrected chi connectivity index (χ2v) is 4.69. The van der Waals surface area contributed by atoms with Crippen LogP contribution < -0.4 is 0 Å². The molecular weight excluding hydrogens is 230 g/mol. The smallest absolute Gasteiger partial charge is 0.254 e. The van der Waals surface area contributed by atoms with E-state index in [2.05, 4.69) is 0 Å². The van der Waals surface area contributed by atoms with E-state index in [-0.39, 0.29) is 12.8 Å². The van der Waals surface area contributed by atoms with Crippen LogP contribution >= 0.6 is 0 Å². The van der Waals surface area contributed by atoms with Crippen LogP contribution in [0.5, 0.6) is 0 Å². The molecule has 0 aromatic heterocycles. The van der Waals surface area contributed by atoms with Crippen molar-refractivity contribution >= 4 is 5.91 Å². The lowest BCUT2D eigenvalue weighted by molar-refractivity contribution is -0.183. The van der Waals surface area contributed by atoms with Crippen molar-refractivity contribution in [3.05, 3.63) is 0 Å². The van der Waals surface area contributed by atoms with Gasteiger partial charge >= 0.3 is 0 Å². The number of aliphatic hydroxyl groups excluding tert-OH is 5. The van der Waals surface area contributed by atoms with Gasteiger partial charge < -0.3 is 30.4 Å². The van der Waals surface area contributed by atoms with E-state index in [0.29, 0.717) is 0 Å². The summed E-state index contributed by atoms with van der Waals surface area (Å²) in [6.45, 7) is -0.497. The molecule has 2 aliphatic rings. The van der Waals surface area contributed by atoms with E-state index in [1.165, 1.54) is 4.90 Å². The van der Waals surface area contributed by atoms with Crippen LogP contribution in [0.3, 0.4) is 0 Å². The molecule has 6 atom stereocenters. The van der Waals surface area contributed by atoms with Gasteiger partial charge in [0, 0.05) is 6.04 Å². The largest absolute Gasteiger partial charge is 0.394 e. The fourth-order valence-corrected chi connectivity index (χ4v) is 2.70. The Balaban J connectivity index is 2.26. The van der Waals surface area contributed by atoms with Crippen LogP contribution in [0.25, 0.3) is 0 Å². The monoisotopic (exact) mass is 247 g/mol. The number of rotatable bonds is 1. The van der Waals surface area contributed by atoms with Crippen molar-refractivity contribution in [1.29, 1.82) is 0 Å². The number of hydrogen-bond donors (Lipinski definition) is 5. The first-order valence-corrected chi connectivity index (χ1v) is 5.62. The van der Waals surface area contributed by atoms with Crippen molar-refractivity contribution in [2.75, 3.05) is 6.61 Å². The molecule has 5 N–H and O–H groups in total. The molecule has 17 heavy (non-hydrogen) atoms. The summed E-state index contributed by atoms with van der Waals surface area (Å²) >= 11 is 0. The molecule has 2 aliphatic heterocycles. The zero-order valence-electron chi connectivity index (χ0n) is 9.18. The normalized spacial score (nSPS) is 46.9. The molecule has 2 heterocycles. The highest BCUT2D eigenvalue weighted by Crippen LogP contribution is 2.31. The van der Waals surface area contributed by atoms with E-state index in [4.69, 9.17) is 0 Å². The van der Waals surface area contributed by atoms with Gasteiger partial charge in [0.25, 0.3) is 5.91 Å². The summed E-state index contributed by atoms with van der Waals surface area (Å²) in [6, 6.07) is -1.39. The van der Waals surface area contributed by atoms with Gasteiger partial charge in [-0.15, -0.1) is 0 Å². The minimum atomic E-state index is -1.53. The SMILES string of the molecule is O=C1[C@H](O)[C@H](O)C[C@@H]2C[C@@H](O)[C@H](O)[C@H](CO)N12. The number of carbonyl (C=O) groups excluding carboxylic acids is 1. The molecule has 0 aromatic carbocycles. The Labute approximate surface area is 97.9 Å². The lowest BCUT2D eigenvalue weighted by atomic mass is 9.83. The third kappa shape index (κ3) is 1.94. The zero-order chi connectivity index (χ0) is 12.7. The highest BCUT2D eigenvalue weighted by molar-refractivity contribution is 5.83. The van der Waals surface area contributed by atoms with Crippen LogP contribution in [0.2, 0.25) is 0 Å². The maximum Gasteiger partial charge on any atom is 0.254 e. The van der Waals surface area contributed by atoms with Crippen molar-refractivity contribution in [2.45, 2.75) is 49.3 Å². The van der Waals surface area contributed by atoms with Gasteiger partial charge in [-0.1, -0.05) is 0 Å². The van der Waals surface area contributed by atoms with E-state index in [0.717, 1.165) is 0 Å². The zero-order valence-corrected chi connectivity index (χ0v) is 9.18. The molecule has 0 bridgehead atoms. The molecular formula is C10H17NO6. The summed E-state index contributed by atoms with van der Waals surface area (Å²) in [5.41, 5.74) is 0. The van der Waals surface area contributed by atoms with Crippen LogP contribution in [0, 0.1) is 0 Å². The van der Waals surface area contributed by atoms with Gasteiger partial charge in [-0.25, -0.2) is 0 Å². The second kappa shape index (κ2) is 4.51. The van der Waals surface area contributed by atoms with Crippen molar-refractivity contribution in [3.8, 4) is 0 Å². The Morgan fingerprint density at radius 3 is 2.29 bits per heavy atom. The summed E-state index contributed by atoms with van der Waals surface area (Å²) in [5, 5.41) is 47.5. The first-order chi connectivity index (χ1) is 7.97. The highest BCUT2D eigenvalue weighted by Gasteiger charge is 2.50. The third-order valence-electron chi connectivity index (χ3n) is 3.63. The van der Waals surface area contributed by atoms with E-state index in [1.807, 2.05) is 0 Å². The predicted molar refractivity (Wildman–Crippen MR) is 54.8 cm³/mol. The lowest BCUT2D eigenvalue weighted by Crippen LogP contribution is -2.68. The van der Waals surface area contributed by atoms with Crippen molar-refractivity contribution in [1.82, 2.24) is 4.90 Å². The number of carbonyl (C=O) groups is 1. The summed E-state index contributed by atoms with van der Waals surface area (Å²) in [4.78, 5) is 13.0. The molecule has 2 rings (SSSR count). The number of aliphatic hydroxyl groups is 5. The minimum absolute atomic E-state index is 0.132. The number of amides is 1. The summed E-state index contributed by atoms with van der Waals surface area (Å²) in [5.74, 6) is -0.709. The lowest BCUT2D eigenvalue weighted by Gasteiger charge is -2.50. The van der Waals surface area contributed by atoms with Crippen molar-refractivity contribution < 1.29 is 30.3 Å². The molecule has 0 spiro atoms. The van der Waals surface area contributed by atoms with E-state index in [1.54, 1.807) is 0 Å². The Hall–Kier alpha value is -0.730. The Morgan fingerprint density at radius 1 is 1.12 bits per heavy atom. The number of nitrogens with zero attached hydrogens (tertiary/aromatic N) is 1. The maximum atomic E-state index is 11.8. The molecule has 0 unspecified atom stereocenters. The maximum absolute atomic E-state index is 11.8. The quantitative estimate of drug-likeness (QED) is 0.332. The molecule has 7 heteroatoms. The van der Waals surface area contributed by atoms with Crippen molar-refractivity contribution in [3.63, 3.8) is 0 Å². The van der Waals surface area contributed by atoms with Gasteiger partial charge in [0.1, 0.15) is 6.10 Å². The highest BCUT2D eigenvalue weighted by atomic mass is 16.3. The van der Waals surface area contributed by atoms with Gasteiger partial charge in [-0.2, -0.15) is 0 Å². The van der Waals surface area contributed by atoms with Gasteiger partial charge in [-0.05, 0) is 12.8 Å². The summed E-state index contributed by atoms with van der Waals surface area (Å²) < 4.78 is 0. The molecule has 7 nitrogen and oxygen atoms in total. The number of piperidine rings is 2. The number of hydrogen-bond acceptors (Lipinski definition) is 6. The third-order valence-corrected chi connectivity index (χ3v) is 3.63. The Morgan fingerprint density at radius 2 is 1.71 bits per heavy atom. The Kier molecular flexibility index (Phi) is 3.37. The van der Waals surface area contributed by atoms with Crippen molar-refractivity contribution in [2.24, 2.45) is 0 Å². The second-order valence-electron chi connectivity index (χ2n) is 4.69. The topological polar surface area (TPSA) is 121 Å². The van der Waals surface area contributed by atoms with Crippen LogP contribution in [-0.4, -0.2) is 79.4 Å². The minimum Gasteiger partial charge on any atom is -0.394 e. The number of fused-ring (bicyclic) bond motifs is 1. The first kappa shape index (κ1) is 12.7. The van der Waals surface area contributed by atoms with E-state index >= 15 is 0 Å². The summed E-state index contributed by atoms with van der Waals surface area (Å²) in [6.07, 6.45) is -4.69. The molecule has 0 aromatic rings.